The number of thiophene rings is 1. The molecule has 0 fully saturated rings. The molecular weight excluding hydrogens is 397 g/mol. The molecule has 3 nitrogen and oxygen atoms in total. The van der Waals surface area contributed by atoms with Gasteiger partial charge in [-0.2, -0.15) is 11.8 Å². The maximum absolute atomic E-state index is 13.0. The summed E-state index contributed by atoms with van der Waals surface area (Å²) in [6.45, 7) is 4.00. The van der Waals surface area contributed by atoms with Gasteiger partial charge in [0.15, 0.2) is 5.78 Å². The molecule has 134 valence electrons. The van der Waals surface area contributed by atoms with Crippen molar-refractivity contribution in [3.63, 3.8) is 0 Å². The first kappa shape index (κ1) is 20.3. The highest BCUT2D eigenvalue weighted by Gasteiger charge is 2.27. The monoisotopic (exact) mass is 415 g/mol. The van der Waals surface area contributed by atoms with E-state index in [4.69, 9.17) is 23.2 Å². The summed E-state index contributed by atoms with van der Waals surface area (Å²) in [7, 11) is 0. The largest absolute Gasteiger partial charge is 0.316 e. The smallest absolute Gasteiger partial charge is 0.239 e. The number of halogens is 2. The second-order valence-electron chi connectivity index (χ2n) is 5.03. The van der Waals surface area contributed by atoms with E-state index < -0.39 is 0 Å². The van der Waals surface area contributed by atoms with Crippen molar-refractivity contribution in [1.82, 2.24) is 0 Å². The van der Waals surface area contributed by atoms with Gasteiger partial charge >= 0.3 is 0 Å². The Morgan fingerprint density at radius 1 is 1.20 bits per heavy atom. The van der Waals surface area contributed by atoms with Crippen LogP contribution in [0.3, 0.4) is 0 Å². The zero-order chi connectivity index (χ0) is 18.4. The Hall–Kier alpha value is -1.01. The Bertz CT molecular complexity index is 757. The van der Waals surface area contributed by atoms with Gasteiger partial charge in [0.2, 0.25) is 5.91 Å². The normalized spacial score (nSPS) is 12.6. The molecule has 1 amide bonds. The quantitative estimate of drug-likeness (QED) is 0.519. The van der Waals surface area contributed by atoms with Crippen molar-refractivity contribution in [3.8, 4) is 0 Å². The number of alkyl halides is 1. The zero-order valence-corrected chi connectivity index (χ0v) is 17.2. The molecule has 2 aromatic rings. The second-order valence-corrected chi connectivity index (χ2v) is 7.94. The SMILES string of the molecule is CC.O=C(CCl)Nc1sc2c(c1C(=O)c1ccc(Cl)cc1)CCSC2. The molecule has 2 heterocycles. The van der Waals surface area contributed by atoms with Crippen LogP contribution < -0.4 is 5.32 Å². The number of hydrogen-bond acceptors (Lipinski definition) is 4. The number of amides is 1. The summed E-state index contributed by atoms with van der Waals surface area (Å²) >= 11 is 14.8. The Balaban J connectivity index is 0.00000109. The van der Waals surface area contributed by atoms with Crippen molar-refractivity contribution in [2.45, 2.75) is 26.0 Å². The predicted molar refractivity (Wildman–Crippen MR) is 110 cm³/mol. The Labute approximate surface area is 166 Å². The number of benzene rings is 1. The summed E-state index contributed by atoms with van der Waals surface area (Å²) < 4.78 is 0. The van der Waals surface area contributed by atoms with Crippen molar-refractivity contribution in [1.29, 1.82) is 0 Å². The van der Waals surface area contributed by atoms with E-state index in [0.717, 1.165) is 28.4 Å². The first-order valence-corrected chi connectivity index (χ1v) is 10.9. The molecule has 0 atom stereocenters. The number of carbonyl (C=O) groups is 2. The average molecular weight is 416 g/mol. The standard InChI is InChI=1S/C16H13Cl2NO2S2.C2H6/c17-7-13(20)19-16-14(11-5-6-22-8-12(11)23-16)15(21)9-1-3-10(18)4-2-9;1-2/h1-4H,5-8H2,(H,19,20);1-2H3. The minimum atomic E-state index is -0.303. The van der Waals surface area contributed by atoms with Crippen molar-refractivity contribution >= 4 is 63.0 Å². The summed E-state index contributed by atoms with van der Waals surface area (Å²) in [5, 5.41) is 3.96. The van der Waals surface area contributed by atoms with Crippen LogP contribution >= 0.6 is 46.3 Å². The number of anilines is 1. The van der Waals surface area contributed by atoms with Crippen LogP contribution in [0.15, 0.2) is 24.3 Å². The van der Waals surface area contributed by atoms with Crippen molar-refractivity contribution < 1.29 is 9.59 Å². The number of hydrogen-bond donors (Lipinski definition) is 1. The van der Waals surface area contributed by atoms with Gasteiger partial charge in [-0.05, 0) is 42.0 Å². The molecule has 1 aromatic heterocycles. The summed E-state index contributed by atoms with van der Waals surface area (Å²) in [5.74, 6) is 1.33. The second kappa shape index (κ2) is 9.62. The van der Waals surface area contributed by atoms with E-state index in [-0.39, 0.29) is 17.6 Å². The molecule has 1 N–H and O–H groups in total. The van der Waals surface area contributed by atoms with E-state index in [1.807, 2.05) is 25.6 Å². The molecule has 0 unspecified atom stereocenters. The van der Waals surface area contributed by atoms with Crippen LogP contribution in [0, 0.1) is 0 Å². The number of ketones is 1. The lowest BCUT2D eigenvalue weighted by atomic mass is 9.98. The van der Waals surface area contributed by atoms with Crippen LogP contribution in [0.5, 0.6) is 0 Å². The summed E-state index contributed by atoms with van der Waals surface area (Å²) in [6.07, 6.45) is 0.835. The van der Waals surface area contributed by atoms with Crippen LogP contribution in [-0.4, -0.2) is 23.3 Å². The summed E-state index contributed by atoms with van der Waals surface area (Å²) in [6, 6.07) is 6.81. The number of fused-ring (bicyclic) bond motifs is 1. The molecule has 1 aliphatic rings. The van der Waals surface area contributed by atoms with Crippen LogP contribution in [0.1, 0.15) is 40.2 Å². The van der Waals surface area contributed by atoms with Crippen molar-refractivity contribution in [3.05, 3.63) is 50.9 Å². The third-order valence-corrected chi connectivity index (χ3v) is 6.34. The van der Waals surface area contributed by atoms with Gasteiger partial charge in [0, 0.05) is 21.2 Å². The maximum Gasteiger partial charge on any atom is 0.239 e. The van der Waals surface area contributed by atoms with E-state index in [1.165, 1.54) is 11.3 Å². The van der Waals surface area contributed by atoms with Gasteiger partial charge < -0.3 is 5.32 Å². The zero-order valence-electron chi connectivity index (χ0n) is 14.0. The van der Waals surface area contributed by atoms with Gasteiger partial charge in [0.05, 0.1) is 5.56 Å². The predicted octanol–water partition coefficient (Wildman–Crippen LogP) is 5.63. The molecule has 0 aliphatic carbocycles. The van der Waals surface area contributed by atoms with Gasteiger partial charge in [-0.15, -0.1) is 22.9 Å². The van der Waals surface area contributed by atoms with E-state index in [2.05, 4.69) is 5.32 Å². The number of nitrogens with one attached hydrogen (secondary N) is 1. The molecule has 7 heteroatoms. The first-order chi connectivity index (χ1) is 12.1. The lowest BCUT2D eigenvalue weighted by Gasteiger charge is -2.12. The van der Waals surface area contributed by atoms with Crippen molar-refractivity contribution in [2.24, 2.45) is 0 Å². The van der Waals surface area contributed by atoms with E-state index in [0.29, 0.717) is 21.2 Å². The van der Waals surface area contributed by atoms with Gasteiger partial charge in [-0.1, -0.05) is 25.4 Å². The van der Waals surface area contributed by atoms with E-state index in [9.17, 15) is 9.59 Å². The lowest BCUT2D eigenvalue weighted by molar-refractivity contribution is -0.113. The molecule has 0 bridgehead atoms. The third-order valence-electron chi connectivity index (χ3n) is 3.53. The van der Waals surface area contributed by atoms with Crippen LogP contribution in [0.4, 0.5) is 5.00 Å². The van der Waals surface area contributed by atoms with Gasteiger partial charge in [0.25, 0.3) is 0 Å². The lowest BCUT2D eigenvalue weighted by Crippen LogP contribution is -2.15. The fraction of sp³-hybridized carbons (Fsp3) is 0.333. The molecule has 1 aromatic carbocycles. The molecule has 0 radical (unpaired) electrons. The summed E-state index contributed by atoms with van der Waals surface area (Å²) in [5.41, 5.74) is 2.22. The highest BCUT2D eigenvalue weighted by Crippen LogP contribution is 2.40. The molecule has 0 saturated carbocycles. The number of rotatable bonds is 4. The Morgan fingerprint density at radius 2 is 1.88 bits per heavy atom. The summed E-state index contributed by atoms with van der Waals surface area (Å²) in [4.78, 5) is 25.8. The Morgan fingerprint density at radius 3 is 2.52 bits per heavy atom. The first-order valence-electron chi connectivity index (χ1n) is 7.98. The highest BCUT2D eigenvalue weighted by atomic mass is 35.5. The minimum absolute atomic E-state index is 0.0871. The van der Waals surface area contributed by atoms with Crippen molar-refractivity contribution in [2.75, 3.05) is 16.9 Å². The van der Waals surface area contributed by atoms with E-state index in [1.54, 1.807) is 24.3 Å². The molecule has 0 saturated heterocycles. The molecule has 25 heavy (non-hydrogen) atoms. The van der Waals surface area contributed by atoms with Crippen LogP contribution in [-0.2, 0) is 17.0 Å². The topological polar surface area (TPSA) is 46.2 Å². The Kier molecular flexibility index (Phi) is 7.81. The fourth-order valence-corrected chi connectivity index (χ4v) is 5.05. The highest BCUT2D eigenvalue weighted by molar-refractivity contribution is 7.98. The van der Waals surface area contributed by atoms with Gasteiger partial charge in [0.1, 0.15) is 10.9 Å². The molecular formula is C18H19Cl2NO2S2. The third kappa shape index (κ3) is 4.79. The molecule has 0 spiro atoms. The number of thioether (sulfide) groups is 1. The number of carbonyl (C=O) groups excluding carboxylic acids is 2. The van der Waals surface area contributed by atoms with Gasteiger partial charge in [-0.3, -0.25) is 9.59 Å². The van der Waals surface area contributed by atoms with Crippen LogP contribution in [0.2, 0.25) is 5.02 Å². The van der Waals surface area contributed by atoms with Gasteiger partial charge in [-0.25, -0.2) is 0 Å². The van der Waals surface area contributed by atoms with Crippen LogP contribution in [0.25, 0.3) is 0 Å². The molecule has 3 rings (SSSR count). The fourth-order valence-electron chi connectivity index (χ4n) is 2.47. The van der Waals surface area contributed by atoms with E-state index >= 15 is 0 Å². The maximum atomic E-state index is 13.0. The average Bonchev–Trinajstić information content (AvgIpc) is 3.01. The molecule has 1 aliphatic heterocycles. The minimum Gasteiger partial charge on any atom is -0.316 e.